The molecular weight excluding hydrogens is 118 g/mol. The molecule has 52 valence electrons. The Morgan fingerprint density at radius 3 is 2.67 bits per heavy atom. The lowest BCUT2D eigenvalue weighted by molar-refractivity contribution is 0.145. The van der Waals surface area contributed by atoms with Crippen molar-refractivity contribution >= 4 is 0 Å². The van der Waals surface area contributed by atoms with Gasteiger partial charge in [0.15, 0.2) is 0 Å². The summed E-state index contributed by atoms with van der Waals surface area (Å²) in [5.74, 6) is 0. The Balaban J connectivity index is 2.24. The summed E-state index contributed by atoms with van der Waals surface area (Å²) in [5, 5.41) is 2.86. The summed E-state index contributed by atoms with van der Waals surface area (Å²) in [4.78, 5) is 9.83. The van der Waals surface area contributed by atoms with Crippen molar-refractivity contribution < 1.29 is 4.74 Å². The first-order valence-corrected chi connectivity index (χ1v) is 3.11. The predicted molar refractivity (Wildman–Crippen MR) is 34.2 cm³/mol. The zero-order chi connectivity index (χ0) is 6.74. The van der Waals surface area contributed by atoms with Gasteiger partial charge in [0.1, 0.15) is 0 Å². The van der Waals surface area contributed by atoms with Crippen LogP contribution in [0, 0.1) is 10.3 Å². The largest absolute Gasteiger partial charge is 0.384 e. The third kappa shape index (κ3) is 1.48. The van der Waals surface area contributed by atoms with E-state index in [9.17, 15) is 4.91 Å². The van der Waals surface area contributed by atoms with Crippen molar-refractivity contribution in [3.63, 3.8) is 0 Å². The molecule has 0 spiro atoms. The minimum Gasteiger partial charge on any atom is -0.384 e. The van der Waals surface area contributed by atoms with E-state index < -0.39 is 0 Å². The maximum absolute atomic E-state index is 9.83. The van der Waals surface area contributed by atoms with Crippen LogP contribution in [0.25, 0.3) is 0 Å². The van der Waals surface area contributed by atoms with Crippen LogP contribution >= 0.6 is 0 Å². The van der Waals surface area contributed by atoms with E-state index in [1.54, 1.807) is 7.11 Å². The van der Waals surface area contributed by atoms with Gasteiger partial charge in [-0.25, -0.2) is 0 Å². The molecule has 0 aliphatic heterocycles. The maximum Gasteiger partial charge on any atom is 0.0889 e. The molecule has 0 radical (unpaired) electrons. The molecule has 0 N–H and O–H groups in total. The summed E-state index contributed by atoms with van der Waals surface area (Å²) in [6.07, 6.45) is 2.21. The number of hydrogen-bond acceptors (Lipinski definition) is 3. The van der Waals surface area contributed by atoms with Crippen molar-refractivity contribution in [3.05, 3.63) is 4.91 Å². The van der Waals surface area contributed by atoms with Crippen molar-refractivity contribution in [3.8, 4) is 0 Å². The first-order valence-electron chi connectivity index (χ1n) is 3.11. The predicted octanol–water partition coefficient (Wildman–Crippen LogP) is 1.18. The molecule has 1 saturated carbocycles. The lowest BCUT2D eigenvalue weighted by Crippen LogP contribution is -2.11. The van der Waals surface area contributed by atoms with Crippen molar-refractivity contribution in [2.24, 2.45) is 10.6 Å². The van der Waals surface area contributed by atoms with Crippen molar-refractivity contribution in [2.75, 3.05) is 20.3 Å². The van der Waals surface area contributed by atoms with Gasteiger partial charge in [0, 0.05) is 12.5 Å². The number of methoxy groups -OCH3 is 1. The number of nitroso groups, excluding NO2 is 1. The Labute approximate surface area is 54.4 Å². The summed E-state index contributed by atoms with van der Waals surface area (Å²) < 4.78 is 4.92. The molecule has 3 nitrogen and oxygen atoms in total. The Kier molecular flexibility index (Phi) is 1.81. The Hall–Kier alpha value is -0.440. The highest BCUT2D eigenvalue weighted by atomic mass is 16.5. The molecule has 3 heteroatoms. The van der Waals surface area contributed by atoms with E-state index in [1.807, 2.05) is 0 Å². The average Bonchev–Trinajstić information content (AvgIpc) is 2.51. The van der Waals surface area contributed by atoms with E-state index in [0.29, 0.717) is 13.2 Å². The molecule has 0 heterocycles. The summed E-state index contributed by atoms with van der Waals surface area (Å²) in [5.41, 5.74) is 0.149. The van der Waals surface area contributed by atoms with Gasteiger partial charge in [0.25, 0.3) is 0 Å². The number of nitrogens with zero attached hydrogens (tertiary/aromatic N) is 1. The molecule has 0 aromatic carbocycles. The van der Waals surface area contributed by atoms with Gasteiger partial charge in [0.05, 0.1) is 13.2 Å². The molecule has 0 aromatic heterocycles. The van der Waals surface area contributed by atoms with Crippen LogP contribution < -0.4 is 0 Å². The highest BCUT2D eigenvalue weighted by Gasteiger charge is 2.42. The highest BCUT2D eigenvalue weighted by Crippen LogP contribution is 2.45. The van der Waals surface area contributed by atoms with Crippen molar-refractivity contribution in [1.82, 2.24) is 0 Å². The average molecular weight is 129 g/mol. The Morgan fingerprint density at radius 1 is 1.67 bits per heavy atom. The molecule has 0 unspecified atom stereocenters. The first kappa shape index (κ1) is 6.68. The summed E-state index contributed by atoms with van der Waals surface area (Å²) in [7, 11) is 1.66. The molecule has 1 fully saturated rings. The van der Waals surface area contributed by atoms with Crippen LogP contribution in [0.5, 0.6) is 0 Å². The van der Waals surface area contributed by atoms with Crippen LogP contribution in [0.2, 0.25) is 0 Å². The smallest absolute Gasteiger partial charge is 0.0889 e. The van der Waals surface area contributed by atoms with Gasteiger partial charge in [-0.1, -0.05) is 5.18 Å². The summed E-state index contributed by atoms with van der Waals surface area (Å²) in [6.45, 7) is 1.12. The van der Waals surface area contributed by atoms with Gasteiger partial charge in [-0.3, -0.25) is 0 Å². The third-order valence-electron chi connectivity index (χ3n) is 1.81. The van der Waals surface area contributed by atoms with Gasteiger partial charge >= 0.3 is 0 Å². The second-order valence-corrected chi connectivity index (χ2v) is 2.72. The van der Waals surface area contributed by atoms with Gasteiger partial charge in [-0.05, 0) is 12.8 Å². The minimum absolute atomic E-state index is 0.149. The van der Waals surface area contributed by atoms with Gasteiger partial charge in [-0.2, -0.15) is 4.91 Å². The fourth-order valence-electron chi connectivity index (χ4n) is 0.968. The monoisotopic (exact) mass is 129 g/mol. The fraction of sp³-hybridized carbons (Fsp3) is 1.00. The second-order valence-electron chi connectivity index (χ2n) is 2.72. The quantitative estimate of drug-likeness (QED) is 0.534. The maximum atomic E-state index is 9.83. The zero-order valence-corrected chi connectivity index (χ0v) is 5.59. The molecule has 1 rings (SSSR count). The minimum atomic E-state index is 0.149. The van der Waals surface area contributed by atoms with Crippen molar-refractivity contribution in [2.45, 2.75) is 12.8 Å². The normalized spacial score (nSPS) is 21.4. The molecule has 0 amide bonds. The topological polar surface area (TPSA) is 38.7 Å². The van der Waals surface area contributed by atoms with Crippen LogP contribution in [0.1, 0.15) is 12.8 Å². The summed E-state index contributed by atoms with van der Waals surface area (Å²) >= 11 is 0. The lowest BCUT2D eigenvalue weighted by Gasteiger charge is -2.06. The molecule has 0 saturated heterocycles. The van der Waals surface area contributed by atoms with Crippen LogP contribution in [0.4, 0.5) is 0 Å². The van der Waals surface area contributed by atoms with E-state index in [0.717, 1.165) is 12.8 Å². The molecule has 0 atom stereocenters. The molecule has 1 aliphatic carbocycles. The number of ether oxygens (including phenoxy) is 1. The van der Waals surface area contributed by atoms with Crippen LogP contribution in [0.3, 0.4) is 0 Å². The second kappa shape index (κ2) is 2.43. The Morgan fingerprint density at radius 2 is 2.33 bits per heavy atom. The number of rotatable bonds is 4. The SMILES string of the molecule is COCC1(CN=O)CC1. The van der Waals surface area contributed by atoms with Crippen LogP contribution in [-0.2, 0) is 4.74 Å². The van der Waals surface area contributed by atoms with E-state index in [-0.39, 0.29) is 5.41 Å². The Bertz CT molecular complexity index is 110. The molecule has 0 aromatic rings. The molecule has 0 bridgehead atoms. The van der Waals surface area contributed by atoms with Crippen LogP contribution in [-0.4, -0.2) is 20.3 Å². The van der Waals surface area contributed by atoms with E-state index in [1.165, 1.54) is 0 Å². The zero-order valence-electron chi connectivity index (χ0n) is 5.59. The fourth-order valence-corrected chi connectivity index (χ4v) is 0.968. The van der Waals surface area contributed by atoms with Crippen molar-refractivity contribution in [1.29, 1.82) is 0 Å². The highest BCUT2D eigenvalue weighted by molar-refractivity contribution is 4.94. The van der Waals surface area contributed by atoms with Gasteiger partial charge in [0.2, 0.25) is 0 Å². The van der Waals surface area contributed by atoms with Gasteiger partial charge < -0.3 is 4.74 Å². The van der Waals surface area contributed by atoms with E-state index >= 15 is 0 Å². The van der Waals surface area contributed by atoms with Crippen LogP contribution in [0.15, 0.2) is 5.18 Å². The van der Waals surface area contributed by atoms with E-state index in [2.05, 4.69) is 5.18 Å². The molecular formula is C6H11NO2. The van der Waals surface area contributed by atoms with E-state index in [4.69, 9.17) is 4.74 Å². The standard InChI is InChI=1S/C6H11NO2/c1-9-5-6(2-3-6)4-7-8/h2-5H2,1H3. The first-order chi connectivity index (χ1) is 4.33. The third-order valence-corrected chi connectivity index (χ3v) is 1.81. The molecule has 1 aliphatic rings. The summed E-state index contributed by atoms with van der Waals surface area (Å²) in [6, 6.07) is 0. The number of hydrogen-bond donors (Lipinski definition) is 0. The molecule has 9 heavy (non-hydrogen) atoms. The van der Waals surface area contributed by atoms with Gasteiger partial charge in [-0.15, -0.1) is 0 Å². The lowest BCUT2D eigenvalue weighted by atomic mass is 10.1.